The van der Waals surface area contributed by atoms with Crippen LogP contribution in [0.15, 0.2) is 114 Å². The molecule has 2 saturated heterocycles. The van der Waals surface area contributed by atoms with Crippen LogP contribution in [0.25, 0.3) is 0 Å². The number of carbonyl (C=O) groups is 2. The van der Waals surface area contributed by atoms with Crippen LogP contribution in [0.2, 0.25) is 0 Å². The Kier molecular flexibility index (Phi) is 11.0. The molecule has 0 N–H and O–H groups in total. The lowest BCUT2D eigenvalue weighted by Gasteiger charge is -2.44. The third-order valence-corrected chi connectivity index (χ3v) is 11.2. The molecule has 2 heterocycles. The average molecular weight is 699 g/mol. The van der Waals surface area contributed by atoms with Crippen LogP contribution in [0.3, 0.4) is 0 Å². The summed E-state index contributed by atoms with van der Waals surface area (Å²) in [4.78, 5) is 33.1. The summed E-state index contributed by atoms with van der Waals surface area (Å²) < 4.78 is 45.9. The lowest BCUT2D eigenvalue weighted by Crippen LogP contribution is -2.63. The maximum atomic E-state index is 14.4. The van der Waals surface area contributed by atoms with Gasteiger partial charge >= 0.3 is 6.09 Å². The van der Waals surface area contributed by atoms with Crippen molar-refractivity contribution in [2.75, 3.05) is 60.0 Å². The van der Waals surface area contributed by atoms with Gasteiger partial charge in [0, 0.05) is 51.9 Å². The van der Waals surface area contributed by atoms with Crippen molar-refractivity contribution < 1.29 is 32.2 Å². The molecular weight excluding hydrogens is 657 g/mol. The van der Waals surface area contributed by atoms with E-state index in [0.717, 1.165) is 16.7 Å². The summed E-state index contributed by atoms with van der Waals surface area (Å²) in [6.07, 6.45) is -0.604. The Labute approximate surface area is 293 Å². The predicted molar refractivity (Wildman–Crippen MR) is 188 cm³/mol. The summed E-state index contributed by atoms with van der Waals surface area (Å²) >= 11 is 0. The van der Waals surface area contributed by atoms with Crippen molar-refractivity contribution in [2.24, 2.45) is 0 Å². The lowest BCUT2D eigenvalue weighted by atomic mass is 9.96. The number of sulfonamides is 1. The third-order valence-electron chi connectivity index (χ3n) is 9.26. The van der Waals surface area contributed by atoms with Crippen LogP contribution in [-0.2, 0) is 26.2 Å². The van der Waals surface area contributed by atoms with E-state index in [2.05, 4.69) is 29.2 Å². The molecule has 0 aromatic heterocycles. The molecule has 2 fully saturated rings. The minimum absolute atomic E-state index is 0.00105. The van der Waals surface area contributed by atoms with Gasteiger partial charge in [-0.25, -0.2) is 13.2 Å². The Morgan fingerprint density at radius 2 is 1.26 bits per heavy atom. The molecule has 50 heavy (non-hydrogen) atoms. The first-order valence-corrected chi connectivity index (χ1v) is 18.1. The third kappa shape index (κ3) is 7.62. The van der Waals surface area contributed by atoms with Gasteiger partial charge in [0.15, 0.2) is 11.5 Å². The van der Waals surface area contributed by atoms with Crippen LogP contribution >= 0.6 is 0 Å². The van der Waals surface area contributed by atoms with Crippen molar-refractivity contribution in [3.8, 4) is 11.5 Å². The van der Waals surface area contributed by atoms with Gasteiger partial charge in [-0.1, -0.05) is 91.0 Å². The van der Waals surface area contributed by atoms with Crippen LogP contribution < -0.4 is 9.47 Å². The van der Waals surface area contributed by atoms with Crippen molar-refractivity contribution in [1.82, 2.24) is 19.0 Å². The van der Waals surface area contributed by atoms with Gasteiger partial charge in [-0.3, -0.25) is 9.69 Å². The molecule has 0 aliphatic carbocycles. The number of benzene rings is 4. The maximum Gasteiger partial charge on any atom is 0.410 e. The van der Waals surface area contributed by atoms with Crippen LogP contribution in [-0.4, -0.2) is 105 Å². The highest BCUT2D eigenvalue weighted by molar-refractivity contribution is 7.89. The van der Waals surface area contributed by atoms with E-state index in [-0.39, 0.29) is 48.8 Å². The standard InChI is InChI=1S/C38H42N4O7S/c1-47-34-19-18-32(26-35(34)48-2)50(45,46)42-25-24-41(38(44)49-28-29-12-6-3-7-13-29)27-33(42)37(43)40-22-20-39(21-23-40)36(30-14-8-4-9-15-30)31-16-10-5-11-17-31/h3-19,26,33,36H,20-25,27-28H2,1-2H3. The second-order valence-corrected chi connectivity index (χ2v) is 14.1. The molecule has 6 rings (SSSR count). The molecule has 1 atom stereocenters. The minimum atomic E-state index is -4.19. The first-order valence-electron chi connectivity index (χ1n) is 16.6. The molecule has 12 heteroatoms. The Balaban J connectivity index is 1.23. The molecule has 0 saturated carbocycles. The van der Waals surface area contributed by atoms with E-state index in [1.54, 1.807) is 4.90 Å². The number of nitrogens with zero attached hydrogens (tertiary/aromatic N) is 4. The van der Waals surface area contributed by atoms with E-state index in [4.69, 9.17) is 14.2 Å². The first kappa shape index (κ1) is 34.9. The molecule has 262 valence electrons. The SMILES string of the molecule is COc1ccc(S(=O)(=O)N2CCN(C(=O)OCc3ccccc3)CC2C(=O)N2CCN(C(c3ccccc3)c3ccccc3)CC2)cc1OC. The summed E-state index contributed by atoms with van der Waals surface area (Å²) in [5, 5.41) is 0. The average Bonchev–Trinajstić information content (AvgIpc) is 3.17. The largest absolute Gasteiger partial charge is 0.493 e. The molecule has 0 radical (unpaired) electrons. The smallest absolute Gasteiger partial charge is 0.410 e. The highest BCUT2D eigenvalue weighted by Gasteiger charge is 2.44. The van der Waals surface area contributed by atoms with Crippen LogP contribution in [0, 0.1) is 0 Å². The molecular formula is C38H42N4O7S. The zero-order valence-electron chi connectivity index (χ0n) is 28.3. The Morgan fingerprint density at radius 1 is 0.700 bits per heavy atom. The monoisotopic (exact) mass is 698 g/mol. The molecule has 4 aromatic carbocycles. The predicted octanol–water partition coefficient (Wildman–Crippen LogP) is 4.65. The van der Waals surface area contributed by atoms with E-state index in [1.165, 1.54) is 41.6 Å². The molecule has 0 bridgehead atoms. The van der Waals surface area contributed by atoms with Gasteiger partial charge in [0.1, 0.15) is 12.6 Å². The highest BCUT2D eigenvalue weighted by atomic mass is 32.2. The number of ether oxygens (including phenoxy) is 3. The van der Waals surface area contributed by atoms with Crippen molar-refractivity contribution in [3.63, 3.8) is 0 Å². The Morgan fingerprint density at radius 3 is 1.84 bits per heavy atom. The van der Waals surface area contributed by atoms with Crippen molar-refractivity contribution in [3.05, 3.63) is 126 Å². The summed E-state index contributed by atoms with van der Waals surface area (Å²) in [6, 6.07) is 33.0. The molecule has 0 spiro atoms. The van der Waals surface area contributed by atoms with Gasteiger partial charge < -0.3 is 24.0 Å². The summed E-state index contributed by atoms with van der Waals surface area (Å²) in [5.41, 5.74) is 3.13. The zero-order chi connectivity index (χ0) is 35.1. The van der Waals surface area contributed by atoms with E-state index in [9.17, 15) is 18.0 Å². The second-order valence-electron chi connectivity index (χ2n) is 12.2. The molecule has 2 amide bonds. The second kappa shape index (κ2) is 15.8. The quantitative estimate of drug-likeness (QED) is 0.236. The van der Waals surface area contributed by atoms with Crippen LogP contribution in [0.5, 0.6) is 11.5 Å². The van der Waals surface area contributed by atoms with Crippen LogP contribution in [0.4, 0.5) is 4.79 Å². The van der Waals surface area contributed by atoms with E-state index in [1.807, 2.05) is 66.7 Å². The number of rotatable bonds is 10. The number of amides is 2. The van der Waals surface area contributed by atoms with Gasteiger partial charge in [0.2, 0.25) is 15.9 Å². The number of hydrogen-bond acceptors (Lipinski definition) is 8. The molecule has 2 aliphatic rings. The summed E-state index contributed by atoms with van der Waals surface area (Å²) in [7, 11) is -1.29. The molecule has 2 aliphatic heterocycles. The summed E-state index contributed by atoms with van der Waals surface area (Å²) in [5.74, 6) is 0.277. The highest BCUT2D eigenvalue weighted by Crippen LogP contribution is 2.33. The summed E-state index contributed by atoms with van der Waals surface area (Å²) in [6.45, 7) is 1.86. The van der Waals surface area contributed by atoms with Gasteiger partial charge in [-0.15, -0.1) is 0 Å². The van der Waals surface area contributed by atoms with Gasteiger partial charge in [0.25, 0.3) is 0 Å². The zero-order valence-corrected chi connectivity index (χ0v) is 29.1. The lowest BCUT2D eigenvalue weighted by molar-refractivity contribution is -0.138. The number of carbonyl (C=O) groups excluding carboxylic acids is 2. The Bertz CT molecular complexity index is 1810. The van der Waals surface area contributed by atoms with Crippen LogP contribution in [0.1, 0.15) is 22.7 Å². The first-order chi connectivity index (χ1) is 24.3. The fraction of sp³-hybridized carbons (Fsp3) is 0.316. The topological polar surface area (TPSA) is 109 Å². The fourth-order valence-corrected chi connectivity index (χ4v) is 8.22. The van der Waals surface area contributed by atoms with Crippen molar-refractivity contribution in [2.45, 2.75) is 23.6 Å². The fourth-order valence-electron chi connectivity index (χ4n) is 6.64. The molecule has 1 unspecified atom stereocenters. The minimum Gasteiger partial charge on any atom is -0.493 e. The van der Waals surface area contributed by atoms with E-state index < -0.39 is 22.2 Å². The maximum absolute atomic E-state index is 14.4. The molecule has 11 nitrogen and oxygen atoms in total. The Hall–Kier alpha value is -4.91. The normalized spacial score (nSPS) is 17.4. The number of methoxy groups -OCH3 is 2. The van der Waals surface area contributed by atoms with Gasteiger partial charge in [0.05, 0.1) is 25.2 Å². The van der Waals surface area contributed by atoms with Crippen molar-refractivity contribution in [1.29, 1.82) is 0 Å². The molecule has 4 aromatic rings. The van der Waals surface area contributed by atoms with E-state index in [0.29, 0.717) is 31.9 Å². The van der Waals surface area contributed by atoms with E-state index >= 15 is 0 Å². The van der Waals surface area contributed by atoms with Gasteiger partial charge in [-0.05, 0) is 28.8 Å². The van der Waals surface area contributed by atoms with Crippen molar-refractivity contribution >= 4 is 22.0 Å². The number of hydrogen-bond donors (Lipinski definition) is 0. The number of piperazine rings is 2. The van der Waals surface area contributed by atoms with Gasteiger partial charge in [-0.2, -0.15) is 4.31 Å².